The van der Waals surface area contributed by atoms with Crippen LogP contribution in [-0.2, 0) is 0 Å². The number of aliphatic hydroxyl groups is 1. The highest BCUT2D eigenvalue weighted by Gasteiger charge is 2.28. The molecule has 2 N–H and O–H groups in total. The Balaban J connectivity index is 2.67. The van der Waals surface area contributed by atoms with Crippen molar-refractivity contribution >= 4 is 0 Å². The number of hydrogen-bond donors (Lipinski definition) is 2. The SMILES string of the molecule is CC(NCC(F)(F)CO)c1ccc(F)cc1F. The largest absolute Gasteiger partial charge is 0.390 e. The van der Waals surface area contributed by atoms with E-state index in [0.717, 1.165) is 6.07 Å². The van der Waals surface area contributed by atoms with Crippen LogP contribution >= 0.6 is 0 Å². The Morgan fingerprint density at radius 1 is 1.35 bits per heavy atom. The van der Waals surface area contributed by atoms with E-state index in [-0.39, 0.29) is 5.56 Å². The highest BCUT2D eigenvalue weighted by atomic mass is 19.3. The second kappa shape index (κ2) is 5.46. The molecule has 1 aromatic carbocycles. The average molecular weight is 251 g/mol. The van der Waals surface area contributed by atoms with Gasteiger partial charge >= 0.3 is 0 Å². The smallest absolute Gasteiger partial charge is 0.282 e. The standard InChI is InChI=1S/C11H13F4NO/c1-7(16-5-11(14,15)6-17)9-3-2-8(12)4-10(9)13/h2-4,7,16-17H,5-6H2,1H3. The molecule has 0 aliphatic carbocycles. The number of nitrogens with one attached hydrogen (secondary N) is 1. The van der Waals surface area contributed by atoms with E-state index in [1.54, 1.807) is 0 Å². The number of benzene rings is 1. The number of alkyl halides is 2. The predicted octanol–water partition coefficient (Wildman–Crippen LogP) is 2.24. The van der Waals surface area contributed by atoms with Crippen molar-refractivity contribution in [3.63, 3.8) is 0 Å². The first-order valence-corrected chi connectivity index (χ1v) is 5.03. The van der Waals surface area contributed by atoms with Crippen LogP contribution in [-0.4, -0.2) is 24.2 Å². The van der Waals surface area contributed by atoms with E-state index in [1.807, 2.05) is 0 Å². The number of rotatable bonds is 5. The van der Waals surface area contributed by atoms with Crippen molar-refractivity contribution in [3.05, 3.63) is 35.4 Å². The third-order valence-electron chi connectivity index (χ3n) is 2.33. The van der Waals surface area contributed by atoms with Crippen molar-refractivity contribution in [2.75, 3.05) is 13.2 Å². The summed E-state index contributed by atoms with van der Waals surface area (Å²) in [5, 5.41) is 10.7. The Morgan fingerprint density at radius 2 is 2.00 bits per heavy atom. The maximum absolute atomic E-state index is 13.3. The molecule has 0 bridgehead atoms. The molecule has 0 saturated heterocycles. The summed E-state index contributed by atoms with van der Waals surface area (Å²) in [7, 11) is 0. The lowest BCUT2D eigenvalue weighted by Gasteiger charge is -2.19. The number of aliphatic hydroxyl groups excluding tert-OH is 1. The Hall–Kier alpha value is -1.14. The van der Waals surface area contributed by atoms with Crippen LogP contribution < -0.4 is 5.32 Å². The number of halogens is 4. The van der Waals surface area contributed by atoms with E-state index in [4.69, 9.17) is 5.11 Å². The molecule has 1 aromatic rings. The summed E-state index contributed by atoms with van der Waals surface area (Å²) in [6.07, 6.45) is 0. The van der Waals surface area contributed by atoms with Crippen molar-refractivity contribution < 1.29 is 22.7 Å². The Labute approximate surface area is 96.3 Å². The summed E-state index contributed by atoms with van der Waals surface area (Å²) < 4.78 is 51.4. The van der Waals surface area contributed by atoms with Gasteiger partial charge in [0, 0.05) is 17.7 Å². The van der Waals surface area contributed by atoms with Crippen molar-refractivity contribution in [2.45, 2.75) is 18.9 Å². The van der Waals surface area contributed by atoms with Gasteiger partial charge in [-0.15, -0.1) is 0 Å². The number of hydrogen-bond acceptors (Lipinski definition) is 2. The van der Waals surface area contributed by atoms with Gasteiger partial charge in [-0.2, -0.15) is 0 Å². The normalized spacial score (nSPS) is 13.8. The van der Waals surface area contributed by atoms with Gasteiger partial charge in [-0.05, 0) is 13.0 Å². The zero-order valence-corrected chi connectivity index (χ0v) is 9.18. The van der Waals surface area contributed by atoms with E-state index < -0.39 is 36.8 Å². The molecule has 0 radical (unpaired) electrons. The van der Waals surface area contributed by atoms with Crippen molar-refractivity contribution in [3.8, 4) is 0 Å². The molecule has 0 amide bonds. The monoisotopic (exact) mass is 251 g/mol. The molecule has 1 unspecified atom stereocenters. The molecule has 17 heavy (non-hydrogen) atoms. The van der Waals surface area contributed by atoms with E-state index in [2.05, 4.69) is 5.32 Å². The molecule has 0 aliphatic heterocycles. The first-order chi connectivity index (χ1) is 7.85. The molecule has 0 aliphatic rings. The van der Waals surface area contributed by atoms with Crippen molar-refractivity contribution in [1.29, 1.82) is 0 Å². The molecular formula is C11H13F4NO. The van der Waals surface area contributed by atoms with Gasteiger partial charge in [0.05, 0.1) is 6.54 Å². The molecule has 0 saturated carbocycles. The lowest BCUT2D eigenvalue weighted by molar-refractivity contribution is -0.0491. The lowest BCUT2D eigenvalue weighted by atomic mass is 10.1. The van der Waals surface area contributed by atoms with Crippen LogP contribution in [0.3, 0.4) is 0 Å². The highest BCUT2D eigenvalue weighted by Crippen LogP contribution is 2.19. The van der Waals surface area contributed by atoms with Crippen molar-refractivity contribution in [1.82, 2.24) is 5.32 Å². The highest BCUT2D eigenvalue weighted by molar-refractivity contribution is 5.21. The maximum atomic E-state index is 13.3. The first kappa shape index (κ1) is 13.9. The second-order valence-corrected chi connectivity index (χ2v) is 3.78. The third kappa shape index (κ3) is 3.98. The second-order valence-electron chi connectivity index (χ2n) is 3.78. The molecule has 1 atom stereocenters. The van der Waals surface area contributed by atoms with E-state index in [0.29, 0.717) is 6.07 Å². The summed E-state index contributed by atoms with van der Waals surface area (Å²) in [6.45, 7) is -0.579. The van der Waals surface area contributed by atoms with Gasteiger partial charge in [0.15, 0.2) is 0 Å². The van der Waals surface area contributed by atoms with Gasteiger partial charge in [-0.1, -0.05) is 6.07 Å². The quantitative estimate of drug-likeness (QED) is 0.787. The zero-order chi connectivity index (χ0) is 13.1. The van der Waals surface area contributed by atoms with Crippen LogP contribution in [0.5, 0.6) is 0 Å². The van der Waals surface area contributed by atoms with Gasteiger partial charge in [0.2, 0.25) is 0 Å². The molecule has 6 heteroatoms. The van der Waals surface area contributed by atoms with Gasteiger partial charge in [-0.3, -0.25) is 0 Å². The molecule has 1 rings (SSSR count). The molecule has 0 aromatic heterocycles. The molecule has 0 spiro atoms. The first-order valence-electron chi connectivity index (χ1n) is 5.03. The summed E-state index contributed by atoms with van der Waals surface area (Å²) in [5.41, 5.74) is 0.0974. The molecule has 2 nitrogen and oxygen atoms in total. The topological polar surface area (TPSA) is 32.3 Å². The Bertz CT molecular complexity index is 384. The van der Waals surface area contributed by atoms with Gasteiger partial charge in [0.1, 0.15) is 18.2 Å². The molecule has 96 valence electrons. The van der Waals surface area contributed by atoms with Crippen LogP contribution in [0.15, 0.2) is 18.2 Å². The third-order valence-corrected chi connectivity index (χ3v) is 2.33. The molecule has 0 heterocycles. The average Bonchev–Trinajstić information content (AvgIpc) is 2.26. The van der Waals surface area contributed by atoms with Gasteiger partial charge in [0.25, 0.3) is 5.92 Å². The minimum atomic E-state index is -3.26. The Kier molecular flexibility index (Phi) is 4.47. The van der Waals surface area contributed by atoms with Crippen LogP contribution in [0.2, 0.25) is 0 Å². The zero-order valence-electron chi connectivity index (χ0n) is 9.18. The predicted molar refractivity (Wildman–Crippen MR) is 54.8 cm³/mol. The van der Waals surface area contributed by atoms with Crippen LogP contribution in [0.1, 0.15) is 18.5 Å². The molecular weight excluding hydrogens is 238 g/mol. The summed E-state index contributed by atoms with van der Waals surface area (Å²) in [4.78, 5) is 0. The van der Waals surface area contributed by atoms with Crippen LogP contribution in [0.25, 0.3) is 0 Å². The van der Waals surface area contributed by atoms with Gasteiger partial charge < -0.3 is 10.4 Å². The summed E-state index contributed by atoms with van der Waals surface area (Å²) >= 11 is 0. The fraction of sp³-hybridized carbons (Fsp3) is 0.455. The van der Waals surface area contributed by atoms with E-state index >= 15 is 0 Å². The van der Waals surface area contributed by atoms with Gasteiger partial charge in [-0.25, -0.2) is 17.6 Å². The fourth-order valence-corrected chi connectivity index (χ4v) is 1.32. The van der Waals surface area contributed by atoms with E-state index in [9.17, 15) is 17.6 Å². The Morgan fingerprint density at radius 3 is 2.53 bits per heavy atom. The maximum Gasteiger partial charge on any atom is 0.282 e. The van der Waals surface area contributed by atoms with Crippen molar-refractivity contribution in [2.24, 2.45) is 0 Å². The minimum Gasteiger partial charge on any atom is -0.390 e. The van der Waals surface area contributed by atoms with Crippen LogP contribution in [0.4, 0.5) is 17.6 Å². The minimum absolute atomic E-state index is 0.0974. The lowest BCUT2D eigenvalue weighted by Crippen LogP contribution is -2.37. The van der Waals surface area contributed by atoms with Crippen LogP contribution in [0, 0.1) is 11.6 Å². The summed E-state index contributed by atoms with van der Waals surface area (Å²) in [5.74, 6) is -4.78. The van der Waals surface area contributed by atoms with E-state index in [1.165, 1.54) is 13.0 Å². The summed E-state index contributed by atoms with van der Waals surface area (Å²) in [6, 6.07) is 2.24. The molecule has 0 fully saturated rings. The fourth-order valence-electron chi connectivity index (χ4n) is 1.32.